The maximum Gasteiger partial charge on any atom is 0.132 e. The fourth-order valence-corrected chi connectivity index (χ4v) is 2.44. The lowest BCUT2D eigenvalue weighted by Gasteiger charge is -2.06. The Kier molecular flexibility index (Phi) is 3.22. The Hall–Kier alpha value is -2.62. The van der Waals surface area contributed by atoms with Crippen LogP contribution in [0.4, 0.5) is 10.1 Å². The standard InChI is InChI=1S/C17H16FN3/c1-11-7-8-16(12(2)9-11)21-10-15(19)17(20-21)13-5-3-4-6-14(13)18/h3-10H,19H2,1-2H3. The molecule has 1 aromatic heterocycles. The molecule has 0 aliphatic carbocycles. The molecule has 4 heteroatoms. The van der Waals surface area contributed by atoms with Crippen LogP contribution in [-0.2, 0) is 0 Å². The lowest BCUT2D eigenvalue weighted by molar-refractivity contribution is 0.630. The van der Waals surface area contributed by atoms with E-state index in [0.29, 0.717) is 16.9 Å². The molecule has 3 nitrogen and oxygen atoms in total. The summed E-state index contributed by atoms with van der Waals surface area (Å²) in [7, 11) is 0. The van der Waals surface area contributed by atoms with Gasteiger partial charge in [0.05, 0.1) is 17.6 Å². The summed E-state index contributed by atoms with van der Waals surface area (Å²) < 4.78 is 15.6. The second kappa shape index (κ2) is 5.05. The highest BCUT2D eigenvalue weighted by Crippen LogP contribution is 2.28. The van der Waals surface area contributed by atoms with Crippen molar-refractivity contribution >= 4 is 5.69 Å². The minimum atomic E-state index is -0.324. The molecule has 0 aliphatic heterocycles. The number of halogens is 1. The Balaban J connectivity index is 2.12. The summed E-state index contributed by atoms with van der Waals surface area (Å²) in [5.41, 5.74) is 10.6. The summed E-state index contributed by atoms with van der Waals surface area (Å²) in [4.78, 5) is 0. The zero-order chi connectivity index (χ0) is 15.0. The number of aromatic nitrogens is 2. The quantitative estimate of drug-likeness (QED) is 0.774. The fraction of sp³-hybridized carbons (Fsp3) is 0.118. The van der Waals surface area contributed by atoms with E-state index in [9.17, 15) is 4.39 Å². The molecule has 3 rings (SSSR count). The molecule has 0 aliphatic rings. The van der Waals surface area contributed by atoms with Crippen LogP contribution in [-0.4, -0.2) is 9.78 Å². The van der Waals surface area contributed by atoms with Gasteiger partial charge >= 0.3 is 0 Å². The number of hydrogen-bond acceptors (Lipinski definition) is 2. The van der Waals surface area contributed by atoms with E-state index in [-0.39, 0.29) is 5.82 Å². The molecule has 0 fully saturated rings. The van der Waals surface area contributed by atoms with Crippen molar-refractivity contribution in [2.45, 2.75) is 13.8 Å². The number of rotatable bonds is 2. The maximum absolute atomic E-state index is 13.9. The Morgan fingerprint density at radius 3 is 2.57 bits per heavy atom. The van der Waals surface area contributed by atoms with E-state index in [4.69, 9.17) is 5.73 Å². The van der Waals surface area contributed by atoms with Crippen molar-refractivity contribution in [3.8, 4) is 16.9 Å². The molecule has 0 bridgehead atoms. The molecule has 0 unspecified atom stereocenters. The molecule has 2 N–H and O–H groups in total. The van der Waals surface area contributed by atoms with Gasteiger partial charge in [-0.15, -0.1) is 0 Å². The normalized spacial score (nSPS) is 10.8. The average Bonchev–Trinajstić information content (AvgIpc) is 2.81. The van der Waals surface area contributed by atoms with Crippen molar-refractivity contribution in [1.82, 2.24) is 9.78 Å². The van der Waals surface area contributed by atoms with Crippen LogP contribution in [0.3, 0.4) is 0 Å². The number of anilines is 1. The van der Waals surface area contributed by atoms with Gasteiger partial charge in [0.15, 0.2) is 0 Å². The molecule has 0 saturated carbocycles. The molecule has 2 aromatic carbocycles. The van der Waals surface area contributed by atoms with E-state index in [0.717, 1.165) is 11.3 Å². The molecule has 0 radical (unpaired) electrons. The zero-order valence-corrected chi connectivity index (χ0v) is 12.0. The lowest BCUT2D eigenvalue weighted by atomic mass is 10.1. The second-order valence-corrected chi connectivity index (χ2v) is 5.15. The lowest BCUT2D eigenvalue weighted by Crippen LogP contribution is -1.98. The molecular formula is C17H16FN3. The number of nitrogen functional groups attached to an aromatic ring is 1. The van der Waals surface area contributed by atoms with E-state index < -0.39 is 0 Å². The zero-order valence-electron chi connectivity index (χ0n) is 12.0. The SMILES string of the molecule is Cc1ccc(-n2cc(N)c(-c3ccccc3F)n2)c(C)c1. The Bertz CT molecular complexity index is 806. The van der Waals surface area contributed by atoms with E-state index in [1.54, 1.807) is 29.1 Å². The number of nitrogens with two attached hydrogens (primary N) is 1. The smallest absolute Gasteiger partial charge is 0.132 e. The third-order valence-electron chi connectivity index (χ3n) is 3.47. The van der Waals surface area contributed by atoms with Gasteiger partial charge in [-0.2, -0.15) is 5.10 Å². The highest BCUT2D eigenvalue weighted by atomic mass is 19.1. The fourth-order valence-electron chi connectivity index (χ4n) is 2.44. The largest absolute Gasteiger partial charge is 0.396 e. The third-order valence-corrected chi connectivity index (χ3v) is 3.47. The van der Waals surface area contributed by atoms with Gasteiger partial charge in [-0.05, 0) is 37.6 Å². The average molecular weight is 281 g/mol. The minimum Gasteiger partial charge on any atom is -0.396 e. The van der Waals surface area contributed by atoms with Crippen LogP contribution in [0.25, 0.3) is 16.9 Å². The highest BCUT2D eigenvalue weighted by Gasteiger charge is 2.14. The monoisotopic (exact) mass is 281 g/mol. The first-order valence-corrected chi connectivity index (χ1v) is 6.74. The molecule has 0 atom stereocenters. The molecule has 0 saturated heterocycles. The van der Waals surface area contributed by atoms with Crippen molar-refractivity contribution in [3.05, 3.63) is 65.6 Å². The van der Waals surface area contributed by atoms with Gasteiger partial charge < -0.3 is 5.73 Å². The molecule has 1 heterocycles. The Morgan fingerprint density at radius 2 is 1.86 bits per heavy atom. The van der Waals surface area contributed by atoms with E-state index >= 15 is 0 Å². The first-order chi connectivity index (χ1) is 10.1. The van der Waals surface area contributed by atoms with Crippen molar-refractivity contribution in [2.24, 2.45) is 0 Å². The summed E-state index contributed by atoms with van der Waals surface area (Å²) in [6, 6.07) is 12.6. The first-order valence-electron chi connectivity index (χ1n) is 6.74. The number of nitrogens with zero attached hydrogens (tertiary/aromatic N) is 2. The highest BCUT2D eigenvalue weighted by molar-refractivity contribution is 5.73. The second-order valence-electron chi connectivity index (χ2n) is 5.15. The van der Waals surface area contributed by atoms with Crippen LogP contribution < -0.4 is 5.73 Å². The summed E-state index contributed by atoms with van der Waals surface area (Å²) in [6.07, 6.45) is 1.72. The summed E-state index contributed by atoms with van der Waals surface area (Å²) >= 11 is 0. The molecule has 0 spiro atoms. The van der Waals surface area contributed by atoms with Crippen LogP contribution in [0.15, 0.2) is 48.7 Å². The van der Waals surface area contributed by atoms with Crippen LogP contribution >= 0.6 is 0 Å². The molecule has 106 valence electrons. The Morgan fingerprint density at radius 1 is 1.10 bits per heavy atom. The van der Waals surface area contributed by atoms with Crippen molar-refractivity contribution in [2.75, 3.05) is 5.73 Å². The van der Waals surface area contributed by atoms with Gasteiger partial charge in [-0.1, -0.05) is 29.8 Å². The topological polar surface area (TPSA) is 43.8 Å². The minimum absolute atomic E-state index is 0.324. The van der Waals surface area contributed by atoms with E-state index in [1.165, 1.54) is 11.6 Å². The predicted molar refractivity (Wildman–Crippen MR) is 82.8 cm³/mol. The summed E-state index contributed by atoms with van der Waals surface area (Å²) in [5.74, 6) is -0.324. The number of hydrogen-bond donors (Lipinski definition) is 1. The van der Waals surface area contributed by atoms with Crippen LogP contribution in [0.1, 0.15) is 11.1 Å². The van der Waals surface area contributed by atoms with E-state index in [2.05, 4.69) is 11.2 Å². The van der Waals surface area contributed by atoms with Crippen molar-refractivity contribution < 1.29 is 4.39 Å². The van der Waals surface area contributed by atoms with Gasteiger partial charge in [-0.3, -0.25) is 0 Å². The van der Waals surface area contributed by atoms with Crippen LogP contribution in [0.5, 0.6) is 0 Å². The van der Waals surface area contributed by atoms with Crippen LogP contribution in [0.2, 0.25) is 0 Å². The Labute approximate surface area is 122 Å². The molecule has 21 heavy (non-hydrogen) atoms. The van der Waals surface area contributed by atoms with Crippen molar-refractivity contribution in [3.63, 3.8) is 0 Å². The maximum atomic E-state index is 13.9. The predicted octanol–water partition coefficient (Wildman–Crippen LogP) is 3.88. The third kappa shape index (κ3) is 2.40. The van der Waals surface area contributed by atoms with Gasteiger partial charge in [0.1, 0.15) is 11.5 Å². The first kappa shape index (κ1) is 13.4. The van der Waals surface area contributed by atoms with Gasteiger partial charge in [0, 0.05) is 5.56 Å². The van der Waals surface area contributed by atoms with Gasteiger partial charge in [0.25, 0.3) is 0 Å². The number of benzene rings is 2. The van der Waals surface area contributed by atoms with Crippen molar-refractivity contribution in [1.29, 1.82) is 0 Å². The van der Waals surface area contributed by atoms with Crippen LogP contribution in [0, 0.1) is 19.7 Å². The van der Waals surface area contributed by atoms with Gasteiger partial charge in [-0.25, -0.2) is 9.07 Å². The molecular weight excluding hydrogens is 265 g/mol. The van der Waals surface area contributed by atoms with E-state index in [1.807, 2.05) is 26.0 Å². The summed E-state index contributed by atoms with van der Waals surface area (Å²) in [5, 5.41) is 4.45. The van der Waals surface area contributed by atoms with Gasteiger partial charge in [0.2, 0.25) is 0 Å². The number of aryl methyl sites for hydroxylation is 2. The molecule has 3 aromatic rings. The molecule has 0 amide bonds. The summed E-state index contributed by atoms with van der Waals surface area (Å²) in [6.45, 7) is 4.06.